The predicted molar refractivity (Wildman–Crippen MR) is 71.9 cm³/mol. The summed E-state index contributed by atoms with van der Waals surface area (Å²) >= 11 is 0. The minimum absolute atomic E-state index is 0.203. The molecule has 1 aliphatic carbocycles. The zero-order chi connectivity index (χ0) is 12.5. The van der Waals surface area contributed by atoms with Gasteiger partial charge in [0.25, 0.3) is 0 Å². The number of ketones is 1. The van der Waals surface area contributed by atoms with Gasteiger partial charge in [-0.1, -0.05) is 6.07 Å². The summed E-state index contributed by atoms with van der Waals surface area (Å²) in [5, 5.41) is 0. The molecule has 1 atom stereocenters. The Morgan fingerprint density at radius 1 is 1.33 bits per heavy atom. The highest BCUT2D eigenvalue weighted by molar-refractivity contribution is 5.79. The number of aromatic nitrogens is 1. The number of nitrogens with zero attached hydrogens (tertiary/aromatic N) is 2. The summed E-state index contributed by atoms with van der Waals surface area (Å²) in [6, 6.07) is 4.36. The van der Waals surface area contributed by atoms with Gasteiger partial charge in [-0.25, -0.2) is 4.98 Å². The minimum Gasteiger partial charge on any atom is -0.356 e. The van der Waals surface area contributed by atoms with Gasteiger partial charge in [0.1, 0.15) is 11.6 Å². The van der Waals surface area contributed by atoms with Gasteiger partial charge in [-0.15, -0.1) is 0 Å². The molecule has 1 aromatic rings. The molecule has 1 aromatic heterocycles. The van der Waals surface area contributed by atoms with Gasteiger partial charge in [-0.05, 0) is 50.7 Å². The van der Waals surface area contributed by atoms with Gasteiger partial charge in [0, 0.05) is 24.7 Å². The van der Waals surface area contributed by atoms with E-state index in [2.05, 4.69) is 17.0 Å². The topological polar surface area (TPSA) is 33.2 Å². The van der Waals surface area contributed by atoms with Gasteiger partial charge in [-0.3, -0.25) is 4.79 Å². The molecule has 1 unspecified atom stereocenters. The molecule has 0 aromatic carbocycles. The first kappa shape index (κ1) is 11.7. The van der Waals surface area contributed by atoms with Crippen LogP contribution in [0.1, 0.15) is 37.4 Å². The number of carbonyl (C=O) groups excluding carboxylic acids is 1. The molecule has 18 heavy (non-hydrogen) atoms. The lowest BCUT2D eigenvalue weighted by atomic mass is 9.94. The van der Waals surface area contributed by atoms with E-state index in [0.29, 0.717) is 5.78 Å². The average molecular weight is 244 g/mol. The molecule has 1 fully saturated rings. The highest BCUT2D eigenvalue weighted by Gasteiger charge is 2.24. The summed E-state index contributed by atoms with van der Waals surface area (Å²) in [5.74, 6) is 1.59. The summed E-state index contributed by atoms with van der Waals surface area (Å²) in [7, 11) is 0. The van der Waals surface area contributed by atoms with E-state index in [9.17, 15) is 4.79 Å². The van der Waals surface area contributed by atoms with E-state index in [4.69, 9.17) is 4.98 Å². The summed E-state index contributed by atoms with van der Waals surface area (Å²) in [6.45, 7) is 3.60. The standard InChI is InChI=1S/C15H20N2O/c1-11(18)13-5-3-9-17(10-13)15-8-7-12-4-2-6-14(12)16-15/h7-8,13H,2-6,9-10H2,1H3. The highest BCUT2D eigenvalue weighted by atomic mass is 16.1. The molecule has 3 rings (SSSR count). The van der Waals surface area contributed by atoms with Gasteiger partial charge in [0.05, 0.1) is 0 Å². The fourth-order valence-electron chi connectivity index (χ4n) is 3.10. The second-order valence-electron chi connectivity index (χ2n) is 5.52. The molecule has 1 saturated heterocycles. The lowest BCUT2D eigenvalue weighted by Crippen LogP contribution is -2.38. The third-order valence-corrected chi connectivity index (χ3v) is 4.23. The van der Waals surface area contributed by atoms with Crippen molar-refractivity contribution in [3.05, 3.63) is 23.4 Å². The SMILES string of the molecule is CC(=O)C1CCCN(c2ccc3c(n2)CCC3)C1. The van der Waals surface area contributed by atoms with Crippen molar-refractivity contribution in [2.45, 2.75) is 39.0 Å². The Balaban J connectivity index is 1.80. The van der Waals surface area contributed by atoms with Crippen molar-refractivity contribution in [3.8, 4) is 0 Å². The van der Waals surface area contributed by atoms with Crippen LogP contribution in [0.3, 0.4) is 0 Å². The minimum atomic E-state index is 0.203. The largest absolute Gasteiger partial charge is 0.356 e. The fourth-order valence-corrected chi connectivity index (χ4v) is 3.10. The van der Waals surface area contributed by atoms with E-state index in [1.807, 2.05) is 0 Å². The van der Waals surface area contributed by atoms with Crippen LogP contribution in [0.2, 0.25) is 0 Å². The quantitative estimate of drug-likeness (QED) is 0.801. The average Bonchev–Trinajstić information content (AvgIpc) is 2.86. The molecule has 0 N–H and O–H groups in total. The Morgan fingerprint density at radius 2 is 2.22 bits per heavy atom. The molecule has 96 valence electrons. The Morgan fingerprint density at radius 3 is 3.06 bits per heavy atom. The summed E-state index contributed by atoms with van der Waals surface area (Å²) in [4.78, 5) is 18.6. The number of piperidine rings is 1. The number of fused-ring (bicyclic) bond motifs is 1. The fraction of sp³-hybridized carbons (Fsp3) is 0.600. The van der Waals surface area contributed by atoms with Crippen molar-refractivity contribution < 1.29 is 4.79 Å². The molecule has 3 heteroatoms. The molecule has 2 heterocycles. The van der Waals surface area contributed by atoms with Crippen LogP contribution >= 0.6 is 0 Å². The zero-order valence-electron chi connectivity index (χ0n) is 11.0. The maximum Gasteiger partial charge on any atom is 0.134 e. The summed E-state index contributed by atoms with van der Waals surface area (Å²) < 4.78 is 0. The van der Waals surface area contributed by atoms with Crippen LogP contribution < -0.4 is 4.90 Å². The van der Waals surface area contributed by atoms with Crippen LogP contribution in [0.15, 0.2) is 12.1 Å². The second kappa shape index (κ2) is 4.71. The maximum atomic E-state index is 11.5. The number of rotatable bonds is 2. The van der Waals surface area contributed by atoms with Crippen molar-refractivity contribution in [1.29, 1.82) is 0 Å². The first-order chi connectivity index (χ1) is 8.74. The van der Waals surface area contributed by atoms with E-state index >= 15 is 0 Å². The van der Waals surface area contributed by atoms with E-state index < -0.39 is 0 Å². The van der Waals surface area contributed by atoms with Gasteiger partial charge < -0.3 is 4.90 Å². The monoisotopic (exact) mass is 244 g/mol. The first-order valence-electron chi connectivity index (χ1n) is 6.98. The lowest BCUT2D eigenvalue weighted by Gasteiger charge is -2.32. The second-order valence-corrected chi connectivity index (χ2v) is 5.52. The number of hydrogen-bond donors (Lipinski definition) is 0. The molecule has 2 aliphatic rings. The number of Topliss-reactive ketones (excluding diaryl/α,β-unsaturated/α-hetero) is 1. The van der Waals surface area contributed by atoms with Gasteiger partial charge in [0.15, 0.2) is 0 Å². The first-order valence-corrected chi connectivity index (χ1v) is 6.98. The number of carbonyl (C=O) groups is 1. The number of aryl methyl sites for hydroxylation is 2. The van der Waals surface area contributed by atoms with Crippen LogP contribution in [-0.2, 0) is 17.6 Å². The summed E-state index contributed by atoms with van der Waals surface area (Å²) in [6.07, 6.45) is 5.67. The maximum absolute atomic E-state index is 11.5. The van der Waals surface area contributed by atoms with E-state index in [1.165, 1.54) is 24.1 Å². The Hall–Kier alpha value is -1.38. The molecule has 0 amide bonds. The normalized spacial score (nSPS) is 22.9. The Labute approximate surface area is 108 Å². The van der Waals surface area contributed by atoms with E-state index in [0.717, 1.165) is 38.2 Å². The number of anilines is 1. The van der Waals surface area contributed by atoms with Gasteiger partial charge in [-0.2, -0.15) is 0 Å². The van der Waals surface area contributed by atoms with Crippen molar-refractivity contribution >= 4 is 11.6 Å². The van der Waals surface area contributed by atoms with Crippen molar-refractivity contribution in [2.75, 3.05) is 18.0 Å². The van der Waals surface area contributed by atoms with Crippen molar-refractivity contribution in [2.24, 2.45) is 5.92 Å². The molecular formula is C15H20N2O. The lowest BCUT2D eigenvalue weighted by molar-refractivity contribution is -0.120. The Bertz CT molecular complexity index is 470. The molecule has 0 saturated carbocycles. The predicted octanol–water partition coefficient (Wildman–Crippen LogP) is 2.38. The molecule has 3 nitrogen and oxygen atoms in total. The van der Waals surface area contributed by atoms with E-state index in [1.54, 1.807) is 6.92 Å². The van der Waals surface area contributed by atoms with Crippen LogP contribution in [-0.4, -0.2) is 23.9 Å². The van der Waals surface area contributed by atoms with Crippen LogP contribution in [0.4, 0.5) is 5.82 Å². The van der Waals surface area contributed by atoms with Crippen LogP contribution in [0.25, 0.3) is 0 Å². The smallest absolute Gasteiger partial charge is 0.134 e. The zero-order valence-corrected chi connectivity index (χ0v) is 11.0. The molecule has 0 radical (unpaired) electrons. The number of pyridine rings is 1. The third kappa shape index (κ3) is 2.14. The number of hydrogen-bond acceptors (Lipinski definition) is 3. The van der Waals surface area contributed by atoms with Crippen molar-refractivity contribution in [1.82, 2.24) is 4.98 Å². The van der Waals surface area contributed by atoms with Crippen molar-refractivity contribution in [3.63, 3.8) is 0 Å². The van der Waals surface area contributed by atoms with E-state index in [-0.39, 0.29) is 5.92 Å². The Kier molecular flexibility index (Phi) is 3.06. The highest BCUT2D eigenvalue weighted by Crippen LogP contribution is 2.26. The van der Waals surface area contributed by atoms with Gasteiger partial charge in [0.2, 0.25) is 0 Å². The van der Waals surface area contributed by atoms with Crippen LogP contribution in [0, 0.1) is 5.92 Å². The van der Waals surface area contributed by atoms with Crippen LogP contribution in [0.5, 0.6) is 0 Å². The molecular weight excluding hydrogens is 224 g/mol. The molecule has 0 spiro atoms. The molecule has 0 bridgehead atoms. The molecule has 1 aliphatic heterocycles. The third-order valence-electron chi connectivity index (χ3n) is 4.23. The van der Waals surface area contributed by atoms with Gasteiger partial charge >= 0.3 is 0 Å². The summed E-state index contributed by atoms with van der Waals surface area (Å²) in [5.41, 5.74) is 2.69.